The lowest BCUT2D eigenvalue weighted by atomic mass is 10.2. The van der Waals surface area contributed by atoms with Crippen LogP contribution in [0.1, 0.15) is 11.3 Å². The van der Waals surface area contributed by atoms with Gasteiger partial charge < -0.3 is 15.8 Å². The zero-order valence-electron chi connectivity index (χ0n) is 16.5. The van der Waals surface area contributed by atoms with Gasteiger partial charge in [0.2, 0.25) is 0 Å². The summed E-state index contributed by atoms with van der Waals surface area (Å²) in [6.07, 6.45) is 1.66. The van der Waals surface area contributed by atoms with Gasteiger partial charge in [-0.05, 0) is 47.9 Å². The molecule has 0 aliphatic carbocycles. The molecule has 4 rings (SSSR count). The van der Waals surface area contributed by atoms with Crippen LogP contribution >= 0.6 is 11.5 Å². The second kappa shape index (κ2) is 9.40. The van der Waals surface area contributed by atoms with Gasteiger partial charge in [-0.2, -0.15) is 0 Å². The Balaban J connectivity index is 1.48. The molecule has 7 nitrogen and oxygen atoms in total. The van der Waals surface area contributed by atoms with E-state index in [0.29, 0.717) is 16.4 Å². The number of nitrogens with one attached hydrogen (secondary N) is 2. The molecule has 10 heteroatoms. The van der Waals surface area contributed by atoms with Gasteiger partial charge in [0.1, 0.15) is 39.5 Å². The van der Waals surface area contributed by atoms with Crippen molar-refractivity contribution < 1.29 is 13.5 Å². The predicted octanol–water partition coefficient (Wildman–Crippen LogP) is 4.55. The number of hydrogen-bond donors (Lipinski definition) is 3. The van der Waals surface area contributed by atoms with Crippen molar-refractivity contribution in [3.05, 3.63) is 100 Å². The molecule has 0 saturated carbocycles. The molecule has 0 aliphatic heterocycles. The van der Waals surface area contributed by atoms with Crippen molar-refractivity contribution in [2.45, 2.75) is 6.54 Å². The van der Waals surface area contributed by atoms with E-state index < -0.39 is 11.6 Å². The van der Waals surface area contributed by atoms with Crippen molar-refractivity contribution >= 4 is 28.1 Å². The van der Waals surface area contributed by atoms with Gasteiger partial charge in [-0.15, -0.1) is 0 Å². The average molecular weight is 453 g/mol. The van der Waals surface area contributed by atoms with Gasteiger partial charge in [0, 0.05) is 30.1 Å². The van der Waals surface area contributed by atoms with E-state index in [0.717, 1.165) is 35.4 Å². The SMILES string of the molecule is NC(=NCc1ccccn1)c1c(Nc2ccc(Oc3cc(F)cc(F)c3)cc2)s[nH]c1=O. The molecule has 0 bridgehead atoms. The van der Waals surface area contributed by atoms with Crippen LogP contribution in [0.25, 0.3) is 0 Å². The number of ether oxygens (including phenoxy) is 1. The summed E-state index contributed by atoms with van der Waals surface area (Å²) in [7, 11) is 0. The number of aromatic amines is 1. The third kappa shape index (κ3) is 5.16. The van der Waals surface area contributed by atoms with Gasteiger partial charge >= 0.3 is 0 Å². The summed E-state index contributed by atoms with van der Waals surface area (Å²) < 4.78 is 34.7. The van der Waals surface area contributed by atoms with E-state index in [-0.39, 0.29) is 29.3 Å². The second-order valence-electron chi connectivity index (χ2n) is 6.62. The van der Waals surface area contributed by atoms with Crippen molar-refractivity contribution in [1.82, 2.24) is 9.36 Å². The maximum atomic E-state index is 13.3. The molecular weight excluding hydrogens is 436 g/mol. The van der Waals surface area contributed by atoms with Crippen LogP contribution in [0.2, 0.25) is 0 Å². The minimum Gasteiger partial charge on any atom is -0.457 e. The highest BCUT2D eigenvalue weighted by molar-refractivity contribution is 7.10. The van der Waals surface area contributed by atoms with E-state index in [1.807, 2.05) is 12.1 Å². The molecule has 0 unspecified atom stereocenters. The number of nitrogens with two attached hydrogens (primary N) is 1. The number of halogens is 2. The molecular formula is C22H17F2N5O2S. The van der Waals surface area contributed by atoms with E-state index in [1.165, 1.54) is 0 Å². The highest BCUT2D eigenvalue weighted by atomic mass is 32.1. The van der Waals surface area contributed by atoms with E-state index in [2.05, 4.69) is 19.7 Å². The molecule has 0 saturated heterocycles. The summed E-state index contributed by atoms with van der Waals surface area (Å²) in [5, 5.41) is 3.62. The lowest BCUT2D eigenvalue weighted by molar-refractivity contribution is 0.468. The molecule has 4 aromatic rings. The molecule has 0 atom stereocenters. The highest BCUT2D eigenvalue weighted by Gasteiger charge is 2.15. The van der Waals surface area contributed by atoms with Gasteiger partial charge in [-0.1, -0.05) is 6.07 Å². The monoisotopic (exact) mass is 453 g/mol. The smallest absolute Gasteiger partial charge is 0.271 e. The molecule has 0 amide bonds. The number of benzene rings is 2. The minimum absolute atomic E-state index is 0.0474. The number of rotatable bonds is 7. The first kappa shape index (κ1) is 21.2. The van der Waals surface area contributed by atoms with E-state index in [9.17, 15) is 13.6 Å². The number of anilines is 2. The molecule has 32 heavy (non-hydrogen) atoms. The van der Waals surface area contributed by atoms with Crippen LogP contribution < -0.4 is 21.3 Å². The Kier molecular flexibility index (Phi) is 6.22. The summed E-state index contributed by atoms with van der Waals surface area (Å²) in [5.74, 6) is -0.926. The molecule has 162 valence electrons. The first-order valence-electron chi connectivity index (χ1n) is 9.40. The Labute approximate surface area is 185 Å². The maximum Gasteiger partial charge on any atom is 0.271 e. The molecule has 0 radical (unpaired) electrons. The zero-order chi connectivity index (χ0) is 22.5. The lowest BCUT2D eigenvalue weighted by Crippen LogP contribution is -2.22. The van der Waals surface area contributed by atoms with Crippen LogP contribution in [-0.4, -0.2) is 15.2 Å². The summed E-state index contributed by atoms with van der Waals surface area (Å²) in [5.41, 5.74) is 7.33. The summed E-state index contributed by atoms with van der Waals surface area (Å²) >= 11 is 1.09. The highest BCUT2D eigenvalue weighted by Crippen LogP contribution is 2.27. The molecule has 0 spiro atoms. The largest absolute Gasteiger partial charge is 0.457 e. The fraction of sp³-hybridized carbons (Fsp3) is 0.0455. The number of aromatic nitrogens is 2. The third-order valence-electron chi connectivity index (χ3n) is 4.28. The number of hydrogen-bond acceptors (Lipinski definition) is 6. The van der Waals surface area contributed by atoms with Gasteiger partial charge in [-0.3, -0.25) is 19.1 Å². The molecule has 0 aliphatic rings. The van der Waals surface area contributed by atoms with Crippen LogP contribution in [0.15, 0.2) is 76.6 Å². The fourth-order valence-corrected chi connectivity index (χ4v) is 3.59. The average Bonchev–Trinajstić information content (AvgIpc) is 3.13. The van der Waals surface area contributed by atoms with Crippen molar-refractivity contribution in [3.63, 3.8) is 0 Å². The fourth-order valence-electron chi connectivity index (χ4n) is 2.82. The van der Waals surface area contributed by atoms with E-state index in [4.69, 9.17) is 10.5 Å². The Morgan fingerprint density at radius 1 is 1.09 bits per heavy atom. The molecule has 4 N–H and O–H groups in total. The Hall–Kier alpha value is -4.05. The summed E-state index contributed by atoms with van der Waals surface area (Å²) in [6, 6.07) is 15.0. The first-order chi connectivity index (χ1) is 15.5. The first-order valence-corrected chi connectivity index (χ1v) is 10.2. The molecule has 0 fully saturated rings. The van der Waals surface area contributed by atoms with Gasteiger partial charge in [0.15, 0.2) is 0 Å². The summed E-state index contributed by atoms with van der Waals surface area (Å²) in [4.78, 5) is 20.7. The van der Waals surface area contributed by atoms with Gasteiger partial charge in [0.25, 0.3) is 5.56 Å². The maximum absolute atomic E-state index is 13.3. The Morgan fingerprint density at radius 2 is 1.84 bits per heavy atom. The topological polar surface area (TPSA) is 105 Å². The Bertz CT molecular complexity index is 1280. The van der Waals surface area contributed by atoms with E-state index in [1.54, 1.807) is 36.5 Å². The van der Waals surface area contributed by atoms with Crippen molar-refractivity contribution in [1.29, 1.82) is 0 Å². The van der Waals surface area contributed by atoms with Crippen LogP contribution in [0.4, 0.5) is 19.5 Å². The van der Waals surface area contributed by atoms with Crippen LogP contribution in [0.3, 0.4) is 0 Å². The second-order valence-corrected chi connectivity index (χ2v) is 7.43. The third-order valence-corrected chi connectivity index (χ3v) is 5.08. The molecule has 2 aromatic heterocycles. The van der Waals surface area contributed by atoms with Crippen LogP contribution in [0.5, 0.6) is 11.5 Å². The zero-order valence-corrected chi connectivity index (χ0v) is 17.3. The number of pyridine rings is 1. The van der Waals surface area contributed by atoms with Gasteiger partial charge in [-0.25, -0.2) is 8.78 Å². The number of H-pyrrole nitrogens is 1. The van der Waals surface area contributed by atoms with Crippen molar-refractivity contribution in [2.24, 2.45) is 10.7 Å². The number of aliphatic imine (C=N–C) groups is 1. The Morgan fingerprint density at radius 3 is 2.53 bits per heavy atom. The van der Waals surface area contributed by atoms with Crippen molar-refractivity contribution in [2.75, 3.05) is 5.32 Å². The van der Waals surface area contributed by atoms with Crippen LogP contribution in [-0.2, 0) is 6.54 Å². The van der Waals surface area contributed by atoms with Crippen LogP contribution in [0, 0.1) is 11.6 Å². The lowest BCUT2D eigenvalue weighted by Gasteiger charge is -2.09. The quantitative estimate of drug-likeness (QED) is 0.281. The summed E-state index contributed by atoms with van der Waals surface area (Å²) in [6.45, 7) is 0.244. The minimum atomic E-state index is -0.726. The van der Waals surface area contributed by atoms with E-state index >= 15 is 0 Å². The predicted molar refractivity (Wildman–Crippen MR) is 120 cm³/mol. The normalized spacial score (nSPS) is 11.4. The van der Waals surface area contributed by atoms with Crippen molar-refractivity contribution in [3.8, 4) is 11.5 Å². The molecule has 2 heterocycles. The van der Waals surface area contributed by atoms with Gasteiger partial charge in [0.05, 0.1) is 12.2 Å². The number of amidine groups is 1. The number of nitrogens with zero attached hydrogens (tertiary/aromatic N) is 2. The standard InChI is InChI=1S/C22H17F2N5O2S/c23-13-9-14(24)11-18(10-13)31-17-6-4-15(5-7-17)28-22-19(21(30)29-32-22)20(25)27-12-16-3-1-2-8-26-16/h1-11,28H,12H2,(H2,25,27)(H,29,30). The molecule has 2 aromatic carbocycles.